The van der Waals surface area contributed by atoms with Crippen molar-refractivity contribution in [3.8, 4) is 0 Å². The lowest BCUT2D eigenvalue weighted by atomic mass is 9.89. The minimum atomic E-state index is -3.86. The van der Waals surface area contributed by atoms with Gasteiger partial charge in [-0.25, -0.2) is 17.9 Å². The van der Waals surface area contributed by atoms with Crippen molar-refractivity contribution >= 4 is 15.7 Å². The van der Waals surface area contributed by atoms with Crippen LogP contribution in [0.25, 0.3) is 0 Å². The number of nitrogens with zero attached hydrogens (tertiary/aromatic N) is 2. The van der Waals surface area contributed by atoms with E-state index in [0.717, 1.165) is 43.5 Å². The zero-order chi connectivity index (χ0) is 22.2. The Balaban J connectivity index is 1.56. The highest BCUT2D eigenvalue weighted by Crippen LogP contribution is 2.31. The van der Waals surface area contributed by atoms with Crippen LogP contribution in [0.15, 0.2) is 38.8 Å². The Morgan fingerprint density at radius 2 is 1.77 bits per heavy atom. The van der Waals surface area contributed by atoms with E-state index in [4.69, 9.17) is 0 Å². The quantitative estimate of drug-likeness (QED) is 0.527. The Hall–Kier alpha value is -2.79. The lowest BCUT2D eigenvalue weighted by molar-refractivity contribution is -0.384. The molecule has 10 nitrogen and oxygen atoms in total. The third kappa shape index (κ3) is 4.33. The van der Waals surface area contributed by atoms with E-state index in [1.54, 1.807) is 4.57 Å². The Morgan fingerprint density at radius 1 is 1.06 bits per heavy atom. The first-order chi connectivity index (χ1) is 14.8. The summed E-state index contributed by atoms with van der Waals surface area (Å²) in [6.07, 6.45) is 5.67. The molecule has 11 heteroatoms. The summed E-state index contributed by atoms with van der Waals surface area (Å²) in [5, 5.41) is 10.8. The average Bonchev–Trinajstić information content (AvgIpc) is 2.74. The van der Waals surface area contributed by atoms with Gasteiger partial charge in [-0.05, 0) is 63.5 Å². The smallest absolute Gasteiger partial charge is 0.294 e. The molecule has 2 aliphatic rings. The molecule has 0 bridgehead atoms. The Kier molecular flexibility index (Phi) is 5.80. The molecular weight excluding hydrogens is 424 g/mol. The number of nitro groups is 1. The maximum atomic E-state index is 12.8. The monoisotopic (exact) mass is 448 g/mol. The normalized spacial score (nSPS) is 21.4. The first-order valence-electron chi connectivity index (χ1n) is 10.4. The predicted molar refractivity (Wildman–Crippen MR) is 113 cm³/mol. The largest absolute Gasteiger partial charge is 0.328 e. The summed E-state index contributed by atoms with van der Waals surface area (Å²) in [6, 6.07) is 4.16. The van der Waals surface area contributed by atoms with E-state index in [1.807, 2.05) is 0 Å². The highest BCUT2D eigenvalue weighted by atomic mass is 32.2. The van der Waals surface area contributed by atoms with Gasteiger partial charge in [0.15, 0.2) is 0 Å². The highest BCUT2D eigenvalue weighted by molar-refractivity contribution is 7.89. The fourth-order valence-electron chi connectivity index (χ4n) is 4.68. The first kappa shape index (κ1) is 21.4. The van der Waals surface area contributed by atoms with Crippen molar-refractivity contribution in [1.29, 1.82) is 0 Å². The van der Waals surface area contributed by atoms with Crippen LogP contribution in [0.4, 0.5) is 5.69 Å². The molecule has 4 rings (SSSR count). The fraction of sp³-hybridized carbons (Fsp3) is 0.500. The summed E-state index contributed by atoms with van der Waals surface area (Å²) in [5.74, 6) is 0. The summed E-state index contributed by atoms with van der Waals surface area (Å²) in [5.41, 5.74) is 0.513. The Bertz CT molecular complexity index is 1220. The van der Waals surface area contributed by atoms with E-state index in [2.05, 4.69) is 9.71 Å². The van der Waals surface area contributed by atoms with E-state index >= 15 is 0 Å². The number of sulfonamides is 1. The molecule has 1 heterocycles. The van der Waals surface area contributed by atoms with Crippen LogP contribution in [0.1, 0.15) is 55.8 Å². The molecule has 0 radical (unpaired) electrons. The number of aromatic nitrogens is 2. The number of rotatable bonds is 5. The van der Waals surface area contributed by atoms with Crippen LogP contribution in [0.3, 0.4) is 0 Å². The molecule has 1 aromatic heterocycles. The van der Waals surface area contributed by atoms with Gasteiger partial charge in [0.25, 0.3) is 11.2 Å². The third-order valence-corrected chi connectivity index (χ3v) is 7.67. The highest BCUT2D eigenvalue weighted by Gasteiger charge is 2.30. The summed E-state index contributed by atoms with van der Waals surface area (Å²) in [7, 11) is -3.86. The summed E-state index contributed by atoms with van der Waals surface area (Å²) in [6.45, 7) is 0. The summed E-state index contributed by atoms with van der Waals surface area (Å²) >= 11 is 0. The Labute approximate surface area is 178 Å². The van der Waals surface area contributed by atoms with Gasteiger partial charge in [-0.2, -0.15) is 0 Å². The number of fused-ring (bicyclic) bond motifs is 1. The minimum Gasteiger partial charge on any atom is -0.294 e. The molecule has 0 saturated heterocycles. The number of non-ortho nitro benzene ring substituents is 1. The van der Waals surface area contributed by atoms with Crippen molar-refractivity contribution in [2.24, 2.45) is 0 Å². The first-order valence-corrected chi connectivity index (χ1v) is 11.9. The zero-order valence-electron chi connectivity index (χ0n) is 16.9. The molecule has 31 heavy (non-hydrogen) atoms. The molecule has 2 atom stereocenters. The van der Waals surface area contributed by atoms with Crippen molar-refractivity contribution in [2.45, 2.75) is 68.3 Å². The number of hydrogen-bond donors (Lipinski definition) is 2. The molecule has 166 valence electrons. The molecule has 1 fully saturated rings. The van der Waals surface area contributed by atoms with Crippen molar-refractivity contribution < 1.29 is 13.3 Å². The minimum absolute atomic E-state index is 0.0428. The number of hydrogen-bond acceptors (Lipinski definition) is 6. The van der Waals surface area contributed by atoms with Crippen molar-refractivity contribution in [3.63, 3.8) is 0 Å². The molecule has 1 saturated carbocycles. The van der Waals surface area contributed by atoms with E-state index in [-0.39, 0.29) is 28.2 Å². The third-order valence-electron chi connectivity index (χ3n) is 6.13. The zero-order valence-corrected chi connectivity index (χ0v) is 17.7. The maximum absolute atomic E-state index is 12.8. The number of benzene rings is 1. The van der Waals surface area contributed by atoms with Gasteiger partial charge in [0, 0.05) is 35.5 Å². The molecular formula is C20H24N4O6S. The number of nitrogens with one attached hydrogen (secondary N) is 2. The van der Waals surface area contributed by atoms with Crippen LogP contribution in [-0.2, 0) is 22.9 Å². The second-order valence-electron chi connectivity index (χ2n) is 8.15. The topological polar surface area (TPSA) is 144 Å². The van der Waals surface area contributed by atoms with Crippen LogP contribution in [-0.4, -0.2) is 28.9 Å². The van der Waals surface area contributed by atoms with E-state index in [0.29, 0.717) is 31.2 Å². The lowest BCUT2D eigenvalue weighted by Gasteiger charge is -2.33. The SMILES string of the molecule is O=c1[nH]c(=O)n(C2CCCC(NS(=O)(=O)c3ccc([N+](=O)[O-])cc3)C2)c2c1CCCC2. The van der Waals surface area contributed by atoms with Gasteiger partial charge >= 0.3 is 5.69 Å². The molecule has 0 aliphatic heterocycles. The number of nitro benzene ring substituents is 1. The van der Waals surface area contributed by atoms with Gasteiger partial charge in [-0.3, -0.25) is 24.5 Å². The van der Waals surface area contributed by atoms with Crippen LogP contribution >= 0.6 is 0 Å². The second-order valence-corrected chi connectivity index (χ2v) is 9.87. The van der Waals surface area contributed by atoms with Gasteiger partial charge in [-0.15, -0.1) is 0 Å². The van der Waals surface area contributed by atoms with Gasteiger partial charge in [0.2, 0.25) is 10.0 Å². The standard InChI is InChI=1S/C20H24N4O6S/c25-19-17-6-1-2-7-18(17)23(20(26)21-19)15-5-3-4-13(12-15)22-31(29,30)16-10-8-14(9-11-16)24(27)28/h8-11,13,15,22H,1-7,12H2,(H,21,25,26). The Morgan fingerprint density at radius 3 is 2.48 bits per heavy atom. The van der Waals surface area contributed by atoms with Crippen LogP contribution in [0.5, 0.6) is 0 Å². The van der Waals surface area contributed by atoms with E-state index in [1.165, 1.54) is 12.1 Å². The van der Waals surface area contributed by atoms with Crippen LogP contribution in [0, 0.1) is 10.1 Å². The average molecular weight is 449 g/mol. The molecule has 0 spiro atoms. The van der Waals surface area contributed by atoms with Crippen LogP contribution < -0.4 is 16.0 Å². The number of aromatic amines is 1. The number of H-pyrrole nitrogens is 1. The molecule has 2 aliphatic carbocycles. The van der Waals surface area contributed by atoms with Gasteiger partial charge < -0.3 is 0 Å². The van der Waals surface area contributed by atoms with Crippen molar-refractivity contribution in [2.75, 3.05) is 0 Å². The van der Waals surface area contributed by atoms with Crippen molar-refractivity contribution in [3.05, 3.63) is 66.5 Å². The second kappa shape index (κ2) is 8.39. The summed E-state index contributed by atoms with van der Waals surface area (Å²) < 4.78 is 29.9. The van der Waals surface area contributed by atoms with E-state index < -0.39 is 20.6 Å². The predicted octanol–water partition coefficient (Wildman–Crippen LogP) is 1.79. The molecule has 1 aromatic carbocycles. The lowest BCUT2D eigenvalue weighted by Crippen LogP contribution is -2.43. The summed E-state index contributed by atoms with van der Waals surface area (Å²) in [4.78, 5) is 37.4. The van der Waals surface area contributed by atoms with Gasteiger partial charge in [0.05, 0.1) is 9.82 Å². The molecule has 2 aromatic rings. The maximum Gasteiger partial charge on any atom is 0.328 e. The molecule has 0 amide bonds. The van der Waals surface area contributed by atoms with Crippen molar-refractivity contribution in [1.82, 2.24) is 14.3 Å². The molecule has 2 N–H and O–H groups in total. The molecule has 2 unspecified atom stereocenters. The van der Waals surface area contributed by atoms with E-state index in [9.17, 15) is 28.1 Å². The fourth-order valence-corrected chi connectivity index (χ4v) is 5.96. The van der Waals surface area contributed by atoms with Gasteiger partial charge in [0.1, 0.15) is 0 Å². The van der Waals surface area contributed by atoms with Gasteiger partial charge in [-0.1, -0.05) is 0 Å². The van der Waals surface area contributed by atoms with Crippen LogP contribution in [0.2, 0.25) is 0 Å².